The van der Waals surface area contributed by atoms with Crippen LogP contribution in [0.4, 0.5) is 52.7 Å². The Hall–Kier alpha value is -4.84. The van der Waals surface area contributed by atoms with E-state index in [1.54, 1.807) is 0 Å². The molecule has 0 amide bonds. The quantitative estimate of drug-likeness (QED) is 0.102. The normalized spacial score (nSPS) is 16.0. The van der Waals surface area contributed by atoms with E-state index in [9.17, 15) is 57.8 Å². The average Bonchev–Trinajstić information content (AvgIpc) is 3.94. The van der Waals surface area contributed by atoms with E-state index < -0.39 is 77.1 Å². The molecular weight excluding hydrogens is 768 g/mol. The molecule has 5 rings (SSSR count). The molecule has 0 aliphatic carbocycles. The summed E-state index contributed by atoms with van der Waals surface area (Å²) in [6, 6.07) is 12.1. The molecule has 0 aromatic heterocycles. The van der Waals surface area contributed by atoms with Crippen LogP contribution in [0.2, 0.25) is 0 Å². The van der Waals surface area contributed by atoms with E-state index in [0.29, 0.717) is 55.1 Å². The van der Waals surface area contributed by atoms with Crippen LogP contribution in [0, 0.1) is 0 Å². The average molecular weight is 799 g/mol. The molecule has 4 aromatic carbocycles. The number of alkyl halides is 12. The van der Waals surface area contributed by atoms with Gasteiger partial charge in [-0.15, -0.1) is 0 Å². The maximum absolute atomic E-state index is 14.5. The first-order chi connectivity index (χ1) is 25.6. The van der Waals surface area contributed by atoms with Crippen molar-refractivity contribution in [3.8, 4) is 23.0 Å². The summed E-state index contributed by atoms with van der Waals surface area (Å²) in [4.78, 5) is 0. The van der Waals surface area contributed by atoms with Crippen LogP contribution in [-0.4, -0.2) is 75.6 Å². The largest absolute Gasteiger partial charge is 0.497 e. The molecule has 2 unspecified atom stereocenters. The molecule has 0 bridgehead atoms. The molecule has 1 heterocycles. The summed E-state index contributed by atoms with van der Waals surface area (Å²) < 4.78 is 199. The molecule has 0 spiro atoms. The van der Waals surface area contributed by atoms with Gasteiger partial charge in [-0.1, -0.05) is 48.5 Å². The van der Waals surface area contributed by atoms with E-state index >= 15 is 0 Å². The molecule has 0 radical (unpaired) electrons. The molecular formula is C37H30F12O6. The van der Waals surface area contributed by atoms with Crippen LogP contribution in [-0.2, 0) is 15.6 Å². The van der Waals surface area contributed by atoms with E-state index in [0.717, 1.165) is 48.5 Å². The third-order valence-electron chi connectivity index (χ3n) is 8.81. The van der Waals surface area contributed by atoms with Gasteiger partial charge in [0.2, 0.25) is 10.8 Å². The van der Waals surface area contributed by atoms with E-state index in [1.807, 2.05) is 0 Å². The number of aliphatic hydroxyl groups is 1. The van der Waals surface area contributed by atoms with E-state index in [4.69, 9.17) is 23.7 Å². The molecule has 1 N–H and O–H groups in total. The molecule has 0 saturated carbocycles. The number of hydrogen-bond donors (Lipinski definition) is 1. The molecule has 2 atom stereocenters. The second-order valence-corrected chi connectivity index (χ2v) is 12.3. The van der Waals surface area contributed by atoms with Crippen molar-refractivity contribution in [2.75, 3.05) is 33.5 Å². The number of benzene rings is 4. The summed E-state index contributed by atoms with van der Waals surface area (Å²) in [5, 5.41) is 10.3. The zero-order chi connectivity index (χ0) is 40.5. The number of methoxy groups -OCH3 is 1. The molecule has 1 fully saturated rings. The Morgan fingerprint density at radius 1 is 0.509 bits per heavy atom. The molecule has 55 heavy (non-hydrogen) atoms. The molecule has 1 saturated heterocycles. The van der Waals surface area contributed by atoms with E-state index in [-0.39, 0.29) is 35.7 Å². The van der Waals surface area contributed by atoms with Gasteiger partial charge in [0.1, 0.15) is 55.0 Å². The van der Waals surface area contributed by atoms with Crippen LogP contribution in [0.25, 0.3) is 0 Å². The molecule has 4 aromatic rings. The SMILES string of the molecule is COc1ccc(C(c2ccc(OCC(O)COc3ccc(C(c4ccc(OCC5CO5)cc4)(C(F)(F)F)C(F)(F)F)cc3)cc2)(C(F)(F)F)C(F)(F)F)cc1. The van der Waals surface area contributed by atoms with Crippen molar-refractivity contribution in [2.45, 2.75) is 47.7 Å². The number of halogens is 12. The van der Waals surface area contributed by atoms with Crippen LogP contribution in [0.5, 0.6) is 23.0 Å². The zero-order valence-corrected chi connectivity index (χ0v) is 28.2. The zero-order valence-electron chi connectivity index (χ0n) is 28.2. The number of rotatable bonds is 14. The Kier molecular flexibility index (Phi) is 11.5. The number of hydrogen-bond acceptors (Lipinski definition) is 6. The van der Waals surface area contributed by atoms with Crippen LogP contribution in [0.3, 0.4) is 0 Å². The predicted molar refractivity (Wildman–Crippen MR) is 170 cm³/mol. The third-order valence-corrected chi connectivity index (χ3v) is 8.81. The van der Waals surface area contributed by atoms with E-state index in [1.165, 1.54) is 7.11 Å². The predicted octanol–water partition coefficient (Wildman–Crippen LogP) is 9.11. The highest BCUT2D eigenvalue weighted by Crippen LogP contribution is 2.58. The van der Waals surface area contributed by atoms with Gasteiger partial charge in [-0.05, 0) is 70.8 Å². The van der Waals surface area contributed by atoms with Gasteiger partial charge < -0.3 is 28.8 Å². The van der Waals surface area contributed by atoms with Crippen molar-refractivity contribution in [1.29, 1.82) is 0 Å². The van der Waals surface area contributed by atoms with Gasteiger partial charge >= 0.3 is 24.7 Å². The first-order valence-electron chi connectivity index (χ1n) is 16.1. The maximum Gasteiger partial charge on any atom is 0.411 e. The highest BCUT2D eigenvalue weighted by molar-refractivity contribution is 5.48. The summed E-state index contributed by atoms with van der Waals surface area (Å²) >= 11 is 0. The van der Waals surface area contributed by atoms with Crippen LogP contribution < -0.4 is 18.9 Å². The summed E-state index contributed by atoms with van der Waals surface area (Å²) in [6.07, 6.45) is -25.1. The summed E-state index contributed by atoms with van der Waals surface area (Å²) in [5.41, 5.74) is -13.5. The van der Waals surface area contributed by atoms with Gasteiger partial charge in [0.25, 0.3) is 0 Å². The van der Waals surface area contributed by atoms with Crippen molar-refractivity contribution in [2.24, 2.45) is 0 Å². The minimum atomic E-state index is -5.86. The molecule has 6 nitrogen and oxygen atoms in total. The monoisotopic (exact) mass is 798 g/mol. The van der Waals surface area contributed by atoms with Gasteiger partial charge in [-0.2, -0.15) is 52.7 Å². The smallest absolute Gasteiger partial charge is 0.411 e. The lowest BCUT2D eigenvalue weighted by Crippen LogP contribution is -2.54. The lowest BCUT2D eigenvalue weighted by Gasteiger charge is -2.38. The van der Waals surface area contributed by atoms with Crippen molar-refractivity contribution in [3.63, 3.8) is 0 Å². The van der Waals surface area contributed by atoms with Crippen molar-refractivity contribution >= 4 is 0 Å². The number of aliphatic hydroxyl groups excluding tert-OH is 1. The molecule has 18 heteroatoms. The number of ether oxygens (including phenoxy) is 5. The summed E-state index contributed by atoms with van der Waals surface area (Å²) in [7, 11) is 1.19. The molecule has 1 aliphatic heterocycles. The summed E-state index contributed by atoms with van der Waals surface area (Å²) in [6.45, 7) is -0.761. The standard InChI is InChI=1S/C37H30F12O6/c1-51-27-10-2-22(3-11-27)32(34(38,39)40,35(41,42)43)23-4-12-28(13-5-23)52-18-26(50)19-53-29-14-6-24(7-15-29)33(36(44,45)46,37(47,48)49)25-8-16-30(17-9-25)54-20-31-21-55-31/h2-17,26,31,50H,18-21H2,1H3. The van der Waals surface area contributed by atoms with Crippen molar-refractivity contribution < 1.29 is 81.5 Å². The number of epoxide rings is 1. The Morgan fingerprint density at radius 3 is 1.04 bits per heavy atom. The topological polar surface area (TPSA) is 69.7 Å². The molecule has 1 aliphatic rings. The van der Waals surface area contributed by atoms with Gasteiger partial charge in [0.15, 0.2) is 0 Å². The minimum absolute atomic E-state index is 0.0267. The van der Waals surface area contributed by atoms with E-state index in [2.05, 4.69) is 0 Å². The Labute approximate surface area is 305 Å². The summed E-state index contributed by atoms with van der Waals surface area (Å²) in [5.74, 6) is -0.424. The first kappa shape index (κ1) is 41.3. The van der Waals surface area contributed by atoms with Crippen LogP contribution >= 0.6 is 0 Å². The highest BCUT2D eigenvalue weighted by Gasteiger charge is 2.73. The third kappa shape index (κ3) is 8.24. The van der Waals surface area contributed by atoms with Crippen LogP contribution in [0.15, 0.2) is 97.1 Å². The van der Waals surface area contributed by atoms with Gasteiger partial charge in [0, 0.05) is 0 Å². The Balaban J connectivity index is 1.27. The maximum atomic E-state index is 14.5. The Morgan fingerprint density at radius 2 is 0.782 bits per heavy atom. The van der Waals surface area contributed by atoms with Gasteiger partial charge in [0.05, 0.1) is 13.7 Å². The fourth-order valence-electron chi connectivity index (χ4n) is 5.99. The fourth-order valence-corrected chi connectivity index (χ4v) is 5.99. The Bertz CT molecular complexity index is 1820. The lowest BCUT2D eigenvalue weighted by molar-refractivity contribution is -0.290. The van der Waals surface area contributed by atoms with Crippen molar-refractivity contribution in [3.05, 3.63) is 119 Å². The van der Waals surface area contributed by atoms with Gasteiger partial charge in [-0.25, -0.2) is 0 Å². The lowest BCUT2D eigenvalue weighted by atomic mass is 9.73. The second kappa shape index (κ2) is 15.4. The van der Waals surface area contributed by atoms with Crippen molar-refractivity contribution in [1.82, 2.24) is 0 Å². The first-order valence-corrected chi connectivity index (χ1v) is 16.1. The highest BCUT2D eigenvalue weighted by atomic mass is 19.4. The minimum Gasteiger partial charge on any atom is -0.497 e. The van der Waals surface area contributed by atoms with Gasteiger partial charge in [-0.3, -0.25) is 0 Å². The van der Waals surface area contributed by atoms with Crippen LogP contribution in [0.1, 0.15) is 22.3 Å². The molecule has 298 valence electrons. The fraction of sp³-hybridized carbons (Fsp3) is 0.351. The second-order valence-electron chi connectivity index (χ2n) is 12.3.